The lowest BCUT2D eigenvalue weighted by atomic mass is 9.96. The summed E-state index contributed by atoms with van der Waals surface area (Å²) in [6, 6.07) is 0.526. The number of hydrogen-bond acceptors (Lipinski definition) is 3. The number of amides is 3. The van der Waals surface area contributed by atoms with Gasteiger partial charge >= 0.3 is 6.03 Å². The van der Waals surface area contributed by atoms with Gasteiger partial charge < -0.3 is 20.9 Å². The molecule has 1 unspecified atom stereocenters. The van der Waals surface area contributed by atoms with Crippen LogP contribution in [0.25, 0.3) is 0 Å². The molecule has 2 aliphatic heterocycles. The maximum absolute atomic E-state index is 12.4. The number of nitrogens with zero attached hydrogens (tertiary/aromatic N) is 1. The Hall–Kier alpha value is -1.01. The Bertz CT molecular complexity index is 443. The zero-order valence-corrected chi connectivity index (χ0v) is 16.6. The Balaban J connectivity index is 0.00000243. The monoisotopic (exact) mass is 386 g/mol. The molecule has 3 aliphatic rings. The maximum Gasteiger partial charge on any atom is 0.315 e. The fraction of sp³-hybridized carbons (Fsp3) is 0.895. The number of carbonyl (C=O) groups excluding carboxylic acids is 2. The van der Waals surface area contributed by atoms with Gasteiger partial charge in [-0.2, -0.15) is 0 Å². The normalized spacial score (nSPS) is 24.8. The second-order valence-electron chi connectivity index (χ2n) is 8.01. The fourth-order valence-electron chi connectivity index (χ4n) is 4.38. The molecule has 2 heterocycles. The van der Waals surface area contributed by atoms with Crippen LogP contribution in [0.2, 0.25) is 0 Å². The van der Waals surface area contributed by atoms with Gasteiger partial charge in [0, 0.05) is 31.6 Å². The van der Waals surface area contributed by atoms with Crippen LogP contribution in [0.3, 0.4) is 0 Å². The summed E-state index contributed by atoms with van der Waals surface area (Å²) in [5.74, 6) is 0.962. The summed E-state index contributed by atoms with van der Waals surface area (Å²) in [6.07, 6.45) is 10.6. The number of halogens is 1. The zero-order valence-electron chi connectivity index (χ0n) is 15.8. The van der Waals surface area contributed by atoms with Crippen molar-refractivity contribution in [3.05, 3.63) is 0 Å². The number of likely N-dealkylation sites (tertiary alicyclic amines) is 1. The minimum absolute atomic E-state index is 0. The molecule has 0 spiro atoms. The highest BCUT2D eigenvalue weighted by Crippen LogP contribution is 2.19. The number of nitrogens with one attached hydrogen (secondary N) is 3. The lowest BCUT2D eigenvalue weighted by Crippen LogP contribution is -2.51. The third-order valence-electron chi connectivity index (χ3n) is 6.05. The van der Waals surface area contributed by atoms with E-state index in [9.17, 15) is 9.59 Å². The van der Waals surface area contributed by atoms with Gasteiger partial charge in [-0.25, -0.2) is 4.79 Å². The van der Waals surface area contributed by atoms with Gasteiger partial charge in [-0.3, -0.25) is 4.79 Å². The topological polar surface area (TPSA) is 73.5 Å². The van der Waals surface area contributed by atoms with Crippen molar-refractivity contribution in [2.24, 2.45) is 5.92 Å². The minimum Gasteiger partial charge on any atom is -0.343 e. The number of carbonyl (C=O) groups is 2. The van der Waals surface area contributed by atoms with Gasteiger partial charge in [-0.15, -0.1) is 12.4 Å². The average Bonchev–Trinajstić information content (AvgIpc) is 3.14. The highest BCUT2D eigenvalue weighted by atomic mass is 35.5. The molecular formula is C19H35ClN4O2. The Kier molecular flexibility index (Phi) is 8.99. The van der Waals surface area contributed by atoms with E-state index in [0.717, 1.165) is 58.3 Å². The van der Waals surface area contributed by atoms with Crippen LogP contribution in [-0.4, -0.2) is 55.1 Å². The Labute approximate surface area is 163 Å². The first-order valence-corrected chi connectivity index (χ1v) is 10.3. The molecule has 150 valence electrons. The molecule has 0 radical (unpaired) electrons. The fourth-order valence-corrected chi connectivity index (χ4v) is 4.38. The summed E-state index contributed by atoms with van der Waals surface area (Å²) in [6.45, 7) is 3.71. The van der Waals surface area contributed by atoms with Crippen LogP contribution in [0.15, 0.2) is 0 Å². The summed E-state index contributed by atoms with van der Waals surface area (Å²) in [7, 11) is 0. The van der Waals surface area contributed by atoms with Gasteiger partial charge in [0.1, 0.15) is 0 Å². The quantitative estimate of drug-likeness (QED) is 0.679. The largest absolute Gasteiger partial charge is 0.343 e. The smallest absolute Gasteiger partial charge is 0.315 e. The average molecular weight is 387 g/mol. The molecule has 1 saturated carbocycles. The van der Waals surface area contributed by atoms with E-state index in [1.165, 1.54) is 25.7 Å². The number of piperidine rings is 1. The van der Waals surface area contributed by atoms with Gasteiger partial charge in [0.25, 0.3) is 0 Å². The summed E-state index contributed by atoms with van der Waals surface area (Å²) >= 11 is 0. The van der Waals surface area contributed by atoms with Crippen molar-refractivity contribution in [1.29, 1.82) is 0 Å². The summed E-state index contributed by atoms with van der Waals surface area (Å²) in [5, 5.41) is 9.58. The van der Waals surface area contributed by atoms with Crippen LogP contribution < -0.4 is 16.0 Å². The number of rotatable bonds is 5. The Morgan fingerprint density at radius 2 is 1.58 bits per heavy atom. The molecule has 1 aliphatic carbocycles. The summed E-state index contributed by atoms with van der Waals surface area (Å²) in [4.78, 5) is 26.5. The number of hydrogen-bond donors (Lipinski definition) is 3. The molecule has 1 atom stereocenters. The van der Waals surface area contributed by atoms with Crippen molar-refractivity contribution in [2.45, 2.75) is 76.3 Å². The molecule has 2 saturated heterocycles. The van der Waals surface area contributed by atoms with Crippen molar-refractivity contribution in [3.8, 4) is 0 Å². The van der Waals surface area contributed by atoms with Crippen LogP contribution in [-0.2, 0) is 4.79 Å². The van der Waals surface area contributed by atoms with E-state index in [0.29, 0.717) is 18.4 Å². The van der Waals surface area contributed by atoms with Gasteiger partial charge in [0.05, 0.1) is 0 Å². The van der Waals surface area contributed by atoms with E-state index in [2.05, 4.69) is 16.0 Å². The van der Waals surface area contributed by atoms with E-state index in [1.807, 2.05) is 4.90 Å². The predicted octanol–water partition coefficient (Wildman–Crippen LogP) is 2.42. The van der Waals surface area contributed by atoms with Crippen LogP contribution in [0, 0.1) is 5.92 Å². The van der Waals surface area contributed by atoms with Crippen LogP contribution in [0.4, 0.5) is 4.79 Å². The SMILES string of the molecule is Cl.O=C(NC1CCCCC1)NC1CCN(C(=O)CCC2CCNC2)CC1. The molecule has 0 bridgehead atoms. The van der Waals surface area contributed by atoms with E-state index < -0.39 is 0 Å². The minimum atomic E-state index is -0.0228. The molecule has 7 heteroatoms. The lowest BCUT2D eigenvalue weighted by Gasteiger charge is -2.33. The summed E-state index contributed by atoms with van der Waals surface area (Å²) < 4.78 is 0. The van der Waals surface area contributed by atoms with Gasteiger partial charge in [-0.1, -0.05) is 19.3 Å². The molecular weight excluding hydrogens is 352 g/mol. The van der Waals surface area contributed by atoms with Crippen molar-refractivity contribution in [1.82, 2.24) is 20.9 Å². The standard InChI is InChI=1S/C19H34N4O2.ClH/c24-18(7-6-15-8-11-20-14-15)23-12-9-17(10-13-23)22-19(25)21-16-4-2-1-3-5-16;/h15-17,20H,1-14H2,(H2,21,22,25);1H. The van der Waals surface area contributed by atoms with Crippen molar-refractivity contribution >= 4 is 24.3 Å². The second kappa shape index (κ2) is 11.0. The van der Waals surface area contributed by atoms with Crippen LogP contribution in [0.5, 0.6) is 0 Å². The number of urea groups is 1. The van der Waals surface area contributed by atoms with Crippen molar-refractivity contribution < 1.29 is 9.59 Å². The molecule has 6 nitrogen and oxygen atoms in total. The lowest BCUT2D eigenvalue weighted by molar-refractivity contribution is -0.132. The molecule has 0 aromatic rings. The first-order valence-electron chi connectivity index (χ1n) is 10.3. The molecule has 3 N–H and O–H groups in total. The third-order valence-corrected chi connectivity index (χ3v) is 6.05. The molecule has 0 aromatic heterocycles. The van der Waals surface area contributed by atoms with Crippen LogP contribution >= 0.6 is 12.4 Å². The van der Waals surface area contributed by atoms with Gasteiger partial charge in [0.15, 0.2) is 0 Å². The van der Waals surface area contributed by atoms with Crippen LogP contribution in [0.1, 0.15) is 64.2 Å². The van der Waals surface area contributed by atoms with E-state index >= 15 is 0 Å². The highest BCUT2D eigenvalue weighted by molar-refractivity contribution is 5.85. The highest BCUT2D eigenvalue weighted by Gasteiger charge is 2.25. The second-order valence-corrected chi connectivity index (χ2v) is 8.01. The first-order chi connectivity index (χ1) is 12.2. The molecule has 3 rings (SSSR count). The Morgan fingerprint density at radius 3 is 2.19 bits per heavy atom. The van der Waals surface area contributed by atoms with E-state index in [1.54, 1.807) is 0 Å². The third kappa shape index (κ3) is 6.62. The van der Waals surface area contributed by atoms with Gasteiger partial charge in [-0.05, 0) is 57.5 Å². The summed E-state index contributed by atoms with van der Waals surface area (Å²) in [5.41, 5.74) is 0. The first kappa shape index (κ1) is 21.3. The van der Waals surface area contributed by atoms with Crippen molar-refractivity contribution in [2.75, 3.05) is 26.2 Å². The van der Waals surface area contributed by atoms with Crippen molar-refractivity contribution in [3.63, 3.8) is 0 Å². The van der Waals surface area contributed by atoms with E-state index in [4.69, 9.17) is 0 Å². The molecule has 3 amide bonds. The van der Waals surface area contributed by atoms with Gasteiger partial charge in [0.2, 0.25) is 5.91 Å². The maximum atomic E-state index is 12.4. The molecule has 3 fully saturated rings. The van der Waals surface area contributed by atoms with E-state index in [-0.39, 0.29) is 30.4 Å². The zero-order chi connectivity index (χ0) is 17.5. The Morgan fingerprint density at radius 1 is 0.923 bits per heavy atom. The predicted molar refractivity (Wildman–Crippen MR) is 106 cm³/mol. The molecule has 26 heavy (non-hydrogen) atoms. The molecule has 0 aromatic carbocycles.